The number of hydrogen-bond donors (Lipinski definition) is 1. The predicted octanol–water partition coefficient (Wildman–Crippen LogP) is 5.56. The molecular formula is C23H27Cl2IN2O3. The van der Waals surface area contributed by atoms with Gasteiger partial charge in [0.05, 0.1) is 10.0 Å². The standard InChI is InChI=1S/C23H27Cl2IN2O3/c1-4-21(23(30)27-12-15(2)3)28(13-16-5-10-19(24)20(25)11-16)22(29)14-31-18-8-6-17(26)7-9-18/h5-11,15,21H,4,12-14H2,1-3H3,(H,27,30). The Morgan fingerprint density at radius 1 is 1.10 bits per heavy atom. The van der Waals surface area contributed by atoms with E-state index in [1.807, 2.05) is 45.0 Å². The fourth-order valence-corrected chi connectivity index (χ4v) is 3.62. The van der Waals surface area contributed by atoms with Crippen LogP contribution < -0.4 is 10.1 Å². The predicted molar refractivity (Wildman–Crippen MR) is 134 cm³/mol. The molecule has 0 spiro atoms. The minimum atomic E-state index is -0.624. The van der Waals surface area contributed by atoms with E-state index in [9.17, 15) is 9.59 Å². The first-order chi connectivity index (χ1) is 14.7. The van der Waals surface area contributed by atoms with Crippen LogP contribution in [0.1, 0.15) is 32.8 Å². The molecule has 0 bridgehead atoms. The zero-order valence-corrected chi connectivity index (χ0v) is 21.5. The van der Waals surface area contributed by atoms with Crippen LogP contribution in [0.3, 0.4) is 0 Å². The Morgan fingerprint density at radius 2 is 1.77 bits per heavy atom. The molecule has 5 nitrogen and oxygen atoms in total. The van der Waals surface area contributed by atoms with Gasteiger partial charge in [0.1, 0.15) is 11.8 Å². The molecule has 0 radical (unpaired) electrons. The Morgan fingerprint density at radius 3 is 2.35 bits per heavy atom. The summed E-state index contributed by atoms with van der Waals surface area (Å²) in [6.07, 6.45) is 0.473. The maximum Gasteiger partial charge on any atom is 0.261 e. The quantitative estimate of drug-likeness (QED) is 0.377. The lowest BCUT2D eigenvalue weighted by molar-refractivity contribution is -0.143. The van der Waals surface area contributed by atoms with Crippen molar-refractivity contribution >= 4 is 57.6 Å². The number of rotatable bonds is 10. The van der Waals surface area contributed by atoms with Crippen LogP contribution in [0.15, 0.2) is 42.5 Å². The number of ether oxygens (including phenoxy) is 1. The third-order valence-corrected chi connectivity index (χ3v) is 6.04. The SMILES string of the molecule is CCC(C(=O)NCC(C)C)N(Cc1ccc(Cl)c(Cl)c1)C(=O)COc1ccc(I)cc1. The molecule has 31 heavy (non-hydrogen) atoms. The van der Waals surface area contributed by atoms with Gasteiger partial charge < -0.3 is 15.0 Å². The summed E-state index contributed by atoms with van der Waals surface area (Å²) in [6, 6.07) is 12.0. The second-order valence-electron chi connectivity index (χ2n) is 7.58. The number of benzene rings is 2. The number of carbonyl (C=O) groups excluding carboxylic acids is 2. The minimum Gasteiger partial charge on any atom is -0.484 e. The van der Waals surface area contributed by atoms with Crippen LogP contribution in [-0.4, -0.2) is 35.9 Å². The molecule has 2 amide bonds. The summed E-state index contributed by atoms with van der Waals surface area (Å²) in [5, 5.41) is 3.77. The third-order valence-electron chi connectivity index (χ3n) is 4.58. The smallest absolute Gasteiger partial charge is 0.261 e. The maximum absolute atomic E-state index is 13.1. The Hall–Kier alpha value is -1.51. The fraction of sp³-hybridized carbons (Fsp3) is 0.391. The molecule has 0 saturated heterocycles. The molecule has 168 valence electrons. The van der Waals surface area contributed by atoms with E-state index in [2.05, 4.69) is 27.9 Å². The van der Waals surface area contributed by atoms with Gasteiger partial charge in [-0.05, 0) is 76.9 Å². The zero-order valence-electron chi connectivity index (χ0n) is 17.8. The van der Waals surface area contributed by atoms with Crippen LogP contribution in [0.25, 0.3) is 0 Å². The van der Waals surface area contributed by atoms with Crippen molar-refractivity contribution in [3.63, 3.8) is 0 Å². The van der Waals surface area contributed by atoms with Crippen LogP contribution in [-0.2, 0) is 16.1 Å². The number of halogens is 3. The Bertz CT molecular complexity index is 891. The lowest BCUT2D eigenvalue weighted by Gasteiger charge is -2.31. The molecule has 0 aromatic heterocycles. The summed E-state index contributed by atoms with van der Waals surface area (Å²) in [5.74, 6) is 0.445. The summed E-state index contributed by atoms with van der Waals surface area (Å²) >= 11 is 14.4. The Kier molecular flexibility index (Phi) is 10.4. The summed E-state index contributed by atoms with van der Waals surface area (Å²) < 4.78 is 6.76. The first kappa shape index (κ1) is 25.7. The van der Waals surface area contributed by atoms with Crippen molar-refractivity contribution in [3.05, 3.63) is 61.6 Å². The number of amides is 2. The van der Waals surface area contributed by atoms with Crippen molar-refractivity contribution in [2.24, 2.45) is 5.92 Å². The highest BCUT2D eigenvalue weighted by Gasteiger charge is 2.29. The molecule has 1 atom stereocenters. The summed E-state index contributed by atoms with van der Waals surface area (Å²) in [5.41, 5.74) is 0.784. The van der Waals surface area contributed by atoms with Crippen molar-refractivity contribution in [1.29, 1.82) is 0 Å². The van der Waals surface area contributed by atoms with Crippen LogP contribution in [0.2, 0.25) is 10.0 Å². The van der Waals surface area contributed by atoms with E-state index < -0.39 is 6.04 Å². The Balaban J connectivity index is 2.21. The lowest BCUT2D eigenvalue weighted by atomic mass is 10.1. The number of nitrogens with one attached hydrogen (secondary N) is 1. The molecule has 0 heterocycles. The number of nitrogens with zero attached hydrogens (tertiary/aromatic N) is 1. The van der Waals surface area contributed by atoms with Gasteiger partial charge in [-0.15, -0.1) is 0 Å². The van der Waals surface area contributed by atoms with E-state index in [1.54, 1.807) is 23.1 Å². The van der Waals surface area contributed by atoms with E-state index >= 15 is 0 Å². The second-order valence-corrected chi connectivity index (χ2v) is 9.64. The topological polar surface area (TPSA) is 58.6 Å². The first-order valence-electron chi connectivity index (χ1n) is 10.1. The fourth-order valence-electron chi connectivity index (χ4n) is 2.94. The largest absolute Gasteiger partial charge is 0.484 e. The number of hydrogen-bond acceptors (Lipinski definition) is 3. The molecule has 0 aliphatic heterocycles. The van der Waals surface area contributed by atoms with Gasteiger partial charge in [0.2, 0.25) is 5.91 Å². The molecular weight excluding hydrogens is 550 g/mol. The number of carbonyl (C=O) groups is 2. The molecule has 0 aliphatic carbocycles. The molecule has 0 aliphatic rings. The van der Waals surface area contributed by atoms with E-state index in [4.69, 9.17) is 27.9 Å². The average molecular weight is 577 g/mol. The highest BCUT2D eigenvalue weighted by molar-refractivity contribution is 14.1. The van der Waals surface area contributed by atoms with Gasteiger partial charge in [-0.25, -0.2) is 0 Å². The minimum absolute atomic E-state index is 0.171. The van der Waals surface area contributed by atoms with E-state index in [1.165, 1.54) is 0 Å². The highest BCUT2D eigenvalue weighted by atomic mass is 127. The molecule has 2 aromatic rings. The van der Waals surface area contributed by atoms with Gasteiger partial charge in [-0.3, -0.25) is 9.59 Å². The van der Waals surface area contributed by atoms with E-state index in [0.717, 1.165) is 9.13 Å². The maximum atomic E-state index is 13.1. The molecule has 0 fully saturated rings. The van der Waals surface area contributed by atoms with Gasteiger partial charge in [0.25, 0.3) is 5.91 Å². The molecule has 2 rings (SSSR count). The molecule has 0 saturated carbocycles. The molecule has 1 N–H and O–H groups in total. The van der Waals surface area contributed by atoms with Gasteiger partial charge in [-0.1, -0.05) is 50.0 Å². The van der Waals surface area contributed by atoms with Gasteiger partial charge >= 0.3 is 0 Å². The van der Waals surface area contributed by atoms with Crippen molar-refractivity contribution in [2.75, 3.05) is 13.2 Å². The van der Waals surface area contributed by atoms with Crippen LogP contribution >= 0.6 is 45.8 Å². The van der Waals surface area contributed by atoms with Crippen molar-refractivity contribution in [3.8, 4) is 5.75 Å². The lowest BCUT2D eigenvalue weighted by Crippen LogP contribution is -2.50. The van der Waals surface area contributed by atoms with Crippen molar-refractivity contribution < 1.29 is 14.3 Å². The molecule has 2 aromatic carbocycles. The molecule has 1 unspecified atom stereocenters. The van der Waals surface area contributed by atoms with Crippen LogP contribution in [0, 0.1) is 9.49 Å². The van der Waals surface area contributed by atoms with E-state index in [0.29, 0.717) is 34.7 Å². The van der Waals surface area contributed by atoms with Crippen LogP contribution in [0.4, 0.5) is 0 Å². The first-order valence-corrected chi connectivity index (χ1v) is 11.9. The van der Waals surface area contributed by atoms with E-state index in [-0.39, 0.29) is 25.0 Å². The normalized spacial score (nSPS) is 11.8. The summed E-state index contributed by atoms with van der Waals surface area (Å²) in [7, 11) is 0. The van der Waals surface area contributed by atoms with Gasteiger partial charge in [0, 0.05) is 16.7 Å². The van der Waals surface area contributed by atoms with Gasteiger partial charge in [0.15, 0.2) is 6.61 Å². The summed E-state index contributed by atoms with van der Waals surface area (Å²) in [4.78, 5) is 27.5. The Labute approximate surface area is 207 Å². The average Bonchev–Trinajstić information content (AvgIpc) is 2.74. The van der Waals surface area contributed by atoms with Crippen molar-refractivity contribution in [2.45, 2.75) is 39.8 Å². The van der Waals surface area contributed by atoms with Crippen LogP contribution in [0.5, 0.6) is 5.75 Å². The van der Waals surface area contributed by atoms with Gasteiger partial charge in [-0.2, -0.15) is 0 Å². The monoisotopic (exact) mass is 576 g/mol. The van der Waals surface area contributed by atoms with Crippen molar-refractivity contribution in [1.82, 2.24) is 10.2 Å². The highest BCUT2D eigenvalue weighted by Crippen LogP contribution is 2.24. The third kappa shape index (κ3) is 8.16. The second kappa shape index (κ2) is 12.5. The zero-order chi connectivity index (χ0) is 23.0. The summed E-state index contributed by atoms with van der Waals surface area (Å²) in [6.45, 7) is 6.52. The molecule has 8 heteroatoms.